The standard InChI is InChI=1S/C13H14BrN3O/c1-9-6-10(14)8-17-11(7-15-13(9)17)12(18)4-5-16(2)3/h4-8H,1-3H3. The van der Waals surface area contributed by atoms with E-state index in [1.807, 2.05) is 42.6 Å². The maximum atomic E-state index is 12.1. The maximum Gasteiger partial charge on any atom is 0.205 e. The third-order valence-electron chi connectivity index (χ3n) is 2.53. The first kappa shape index (κ1) is 12.8. The highest BCUT2D eigenvalue weighted by molar-refractivity contribution is 9.10. The Hall–Kier alpha value is -1.62. The van der Waals surface area contributed by atoms with E-state index in [-0.39, 0.29) is 5.78 Å². The highest BCUT2D eigenvalue weighted by Gasteiger charge is 2.11. The highest BCUT2D eigenvalue weighted by atomic mass is 79.9. The zero-order valence-corrected chi connectivity index (χ0v) is 12.1. The summed E-state index contributed by atoms with van der Waals surface area (Å²) < 4.78 is 2.73. The Morgan fingerprint density at radius 3 is 2.89 bits per heavy atom. The van der Waals surface area contributed by atoms with Crippen molar-refractivity contribution in [2.24, 2.45) is 0 Å². The largest absolute Gasteiger partial charge is 0.383 e. The third kappa shape index (κ3) is 2.46. The summed E-state index contributed by atoms with van der Waals surface area (Å²) in [7, 11) is 3.75. The molecule has 2 aromatic rings. The van der Waals surface area contributed by atoms with Crippen LogP contribution in [0, 0.1) is 6.92 Å². The number of nitrogens with zero attached hydrogens (tertiary/aromatic N) is 3. The Labute approximate surface area is 114 Å². The molecule has 0 saturated heterocycles. The van der Waals surface area contributed by atoms with Crippen LogP contribution in [0.3, 0.4) is 0 Å². The number of allylic oxidation sites excluding steroid dienone is 1. The van der Waals surface area contributed by atoms with Crippen molar-refractivity contribution >= 4 is 27.4 Å². The number of hydrogen-bond acceptors (Lipinski definition) is 3. The molecule has 4 nitrogen and oxygen atoms in total. The molecule has 2 aromatic heterocycles. The number of imidazole rings is 1. The molecule has 0 atom stereocenters. The number of aryl methyl sites for hydroxylation is 1. The number of carbonyl (C=O) groups is 1. The van der Waals surface area contributed by atoms with E-state index in [0.29, 0.717) is 5.69 Å². The summed E-state index contributed by atoms with van der Waals surface area (Å²) in [5.74, 6) is -0.0614. The van der Waals surface area contributed by atoms with Crippen molar-refractivity contribution in [3.63, 3.8) is 0 Å². The van der Waals surface area contributed by atoms with Gasteiger partial charge in [0.2, 0.25) is 5.78 Å². The van der Waals surface area contributed by atoms with Crippen molar-refractivity contribution < 1.29 is 4.79 Å². The van der Waals surface area contributed by atoms with Gasteiger partial charge in [-0.25, -0.2) is 4.98 Å². The Kier molecular flexibility index (Phi) is 3.52. The van der Waals surface area contributed by atoms with Crippen molar-refractivity contribution in [1.82, 2.24) is 14.3 Å². The molecule has 94 valence electrons. The first-order valence-corrected chi connectivity index (χ1v) is 6.30. The van der Waals surface area contributed by atoms with Crippen molar-refractivity contribution in [3.8, 4) is 0 Å². The molecule has 0 fully saturated rings. The number of ketones is 1. The van der Waals surface area contributed by atoms with E-state index < -0.39 is 0 Å². The van der Waals surface area contributed by atoms with E-state index >= 15 is 0 Å². The van der Waals surface area contributed by atoms with E-state index in [2.05, 4.69) is 20.9 Å². The van der Waals surface area contributed by atoms with Gasteiger partial charge in [-0.1, -0.05) is 0 Å². The van der Waals surface area contributed by atoms with E-state index in [0.717, 1.165) is 15.7 Å². The molecule has 0 saturated carbocycles. The van der Waals surface area contributed by atoms with Gasteiger partial charge < -0.3 is 4.90 Å². The molecule has 0 unspecified atom stereocenters. The van der Waals surface area contributed by atoms with Gasteiger partial charge in [-0.2, -0.15) is 0 Å². The Morgan fingerprint density at radius 2 is 2.22 bits per heavy atom. The van der Waals surface area contributed by atoms with Gasteiger partial charge in [-0.15, -0.1) is 0 Å². The van der Waals surface area contributed by atoms with E-state index in [1.165, 1.54) is 0 Å². The summed E-state index contributed by atoms with van der Waals surface area (Å²) in [5.41, 5.74) is 2.40. The predicted octanol–water partition coefficient (Wildman–Crippen LogP) is 2.66. The second-order valence-electron chi connectivity index (χ2n) is 4.32. The van der Waals surface area contributed by atoms with Crippen LogP contribution in [0.25, 0.3) is 5.65 Å². The zero-order chi connectivity index (χ0) is 13.3. The minimum atomic E-state index is -0.0614. The van der Waals surface area contributed by atoms with E-state index in [9.17, 15) is 4.79 Å². The fraction of sp³-hybridized carbons (Fsp3) is 0.231. The van der Waals surface area contributed by atoms with Crippen molar-refractivity contribution in [2.75, 3.05) is 14.1 Å². The SMILES string of the molecule is Cc1cc(Br)cn2c(C(=O)C=CN(C)C)cnc12. The Morgan fingerprint density at radius 1 is 1.50 bits per heavy atom. The number of carbonyl (C=O) groups excluding carboxylic acids is 1. The fourth-order valence-electron chi connectivity index (χ4n) is 1.70. The summed E-state index contributed by atoms with van der Waals surface area (Å²) in [4.78, 5) is 18.2. The number of fused-ring (bicyclic) bond motifs is 1. The third-order valence-corrected chi connectivity index (χ3v) is 2.97. The molecule has 5 heteroatoms. The smallest absolute Gasteiger partial charge is 0.205 e. The van der Waals surface area contributed by atoms with Crippen LogP contribution in [-0.4, -0.2) is 34.2 Å². The monoisotopic (exact) mass is 307 g/mol. The normalized spacial score (nSPS) is 11.3. The number of aromatic nitrogens is 2. The number of hydrogen-bond donors (Lipinski definition) is 0. The number of rotatable bonds is 3. The van der Waals surface area contributed by atoms with Gasteiger partial charge in [0.1, 0.15) is 11.3 Å². The molecule has 18 heavy (non-hydrogen) atoms. The van der Waals surface area contributed by atoms with Gasteiger partial charge in [0.15, 0.2) is 0 Å². The summed E-state index contributed by atoms with van der Waals surface area (Å²) in [5, 5.41) is 0. The lowest BCUT2D eigenvalue weighted by molar-refractivity contribution is 0.104. The van der Waals surface area contributed by atoms with Gasteiger partial charge in [0.25, 0.3) is 0 Å². The quantitative estimate of drug-likeness (QED) is 0.646. The van der Waals surface area contributed by atoms with Gasteiger partial charge in [-0.3, -0.25) is 9.20 Å². The van der Waals surface area contributed by atoms with Gasteiger partial charge >= 0.3 is 0 Å². The molecule has 2 rings (SSSR count). The Balaban J connectivity index is 2.49. The molecule has 0 bridgehead atoms. The molecule has 0 radical (unpaired) electrons. The lowest BCUT2D eigenvalue weighted by Crippen LogP contribution is -2.05. The summed E-state index contributed by atoms with van der Waals surface area (Å²) >= 11 is 3.43. The van der Waals surface area contributed by atoms with Gasteiger partial charge in [0.05, 0.1) is 6.20 Å². The summed E-state index contributed by atoms with van der Waals surface area (Å²) in [6.45, 7) is 1.97. The van der Waals surface area contributed by atoms with Crippen LogP contribution in [0.4, 0.5) is 0 Å². The highest BCUT2D eigenvalue weighted by Crippen LogP contribution is 2.18. The lowest BCUT2D eigenvalue weighted by Gasteiger charge is -2.04. The second kappa shape index (κ2) is 4.94. The summed E-state index contributed by atoms with van der Waals surface area (Å²) in [6.07, 6.45) is 6.73. The average Bonchev–Trinajstić information content (AvgIpc) is 2.69. The first-order valence-electron chi connectivity index (χ1n) is 5.51. The number of halogens is 1. The zero-order valence-electron chi connectivity index (χ0n) is 10.5. The van der Waals surface area contributed by atoms with Crippen LogP contribution in [0.1, 0.15) is 16.1 Å². The molecule has 0 spiro atoms. The van der Waals surface area contributed by atoms with Crippen LogP contribution in [-0.2, 0) is 0 Å². The second-order valence-corrected chi connectivity index (χ2v) is 5.24. The molecule has 2 heterocycles. The van der Waals surface area contributed by atoms with Crippen LogP contribution in [0.15, 0.2) is 35.2 Å². The minimum Gasteiger partial charge on any atom is -0.383 e. The Bertz CT molecular complexity index is 628. The molecule has 0 aliphatic rings. The molecule has 0 aliphatic heterocycles. The summed E-state index contributed by atoms with van der Waals surface area (Å²) in [6, 6.07) is 1.98. The maximum absolute atomic E-state index is 12.1. The average molecular weight is 308 g/mol. The van der Waals surface area contributed by atoms with Gasteiger partial charge in [0, 0.05) is 37.0 Å². The van der Waals surface area contributed by atoms with Crippen molar-refractivity contribution in [3.05, 3.63) is 46.5 Å². The minimum absolute atomic E-state index is 0.0614. The van der Waals surface area contributed by atoms with Gasteiger partial charge in [-0.05, 0) is 34.5 Å². The topological polar surface area (TPSA) is 37.6 Å². The lowest BCUT2D eigenvalue weighted by atomic mass is 10.2. The molecular weight excluding hydrogens is 294 g/mol. The van der Waals surface area contributed by atoms with Crippen LogP contribution >= 0.6 is 15.9 Å². The van der Waals surface area contributed by atoms with Crippen LogP contribution < -0.4 is 0 Å². The van der Waals surface area contributed by atoms with E-state index in [1.54, 1.807) is 18.5 Å². The van der Waals surface area contributed by atoms with E-state index in [4.69, 9.17) is 0 Å². The van der Waals surface area contributed by atoms with Crippen LogP contribution in [0.2, 0.25) is 0 Å². The van der Waals surface area contributed by atoms with Crippen molar-refractivity contribution in [2.45, 2.75) is 6.92 Å². The molecule has 0 N–H and O–H groups in total. The number of pyridine rings is 1. The molecular formula is C13H14BrN3O. The first-order chi connectivity index (χ1) is 8.49. The van der Waals surface area contributed by atoms with Crippen LogP contribution in [0.5, 0.6) is 0 Å². The fourth-order valence-corrected chi connectivity index (χ4v) is 2.25. The van der Waals surface area contributed by atoms with Crippen molar-refractivity contribution in [1.29, 1.82) is 0 Å². The predicted molar refractivity (Wildman–Crippen MR) is 74.8 cm³/mol. The molecule has 0 aromatic carbocycles. The molecule has 0 aliphatic carbocycles. The molecule has 0 amide bonds.